The fourth-order valence-corrected chi connectivity index (χ4v) is 3.03. The third kappa shape index (κ3) is 5.26. The second kappa shape index (κ2) is 10.6. The zero-order valence-electron chi connectivity index (χ0n) is 18.2. The molecule has 0 radical (unpaired) electrons. The van der Waals surface area contributed by atoms with E-state index in [0.717, 1.165) is 6.07 Å². The van der Waals surface area contributed by atoms with Crippen LogP contribution in [0.25, 0.3) is 6.08 Å². The van der Waals surface area contributed by atoms with Gasteiger partial charge in [0.1, 0.15) is 11.6 Å². The van der Waals surface area contributed by atoms with Gasteiger partial charge in [0.25, 0.3) is 0 Å². The lowest BCUT2D eigenvalue weighted by molar-refractivity contribution is -0.385. The van der Waals surface area contributed by atoms with Crippen LogP contribution in [-0.2, 0) is 4.74 Å². The van der Waals surface area contributed by atoms with Crippen molar-refractivity contribution in [1.82, 2.24) is 0 Å². The first-order valence-electron chi connectivity index (χ1n) is 9.82. The summed E-state index contributed by atoms with van der Waals surface area (Å²) in [5, 5.41) is 21.0. The molecule has 34 heavy (non-hydrogen) atoms. The zero-order valence-corrected chi connectivity index (χ0v) is 18.2. The summed E-state index contributed by atoms with van der Waals surface area (Å²) in [6.07, 6.45) is 1.41. The molecule has 9 heteroatoms. The van der Waals surface area contributed by atoms with E-state index in [1.165, 1.54) is 44.6 Å². The maximum Gasteiger partial charge on any atom is 0.338 e. The first-order valence-corrected chi connectivity index (χ1v) is 9.82. The molecule has 0 saturated carbocycles. The molecule has 170 valence electrons. The Hall–Kier alpha value is -4.97. The van der Waals surface area contributed by atoms with Gasteiger partial charge in [0.15, 0.2) is 11.5 Å². The minimum Gasteiger partial charge on any atom is -0.493 e. The van der Waals surface area contributed by atoms with E-state index in [-0.39, 0.29) is 28.4 Å². The maximum absolute atomic E-state index is 12.6. The van der Waals surface area contributed by atoms with Crippen LogP contribution in [0, 0.1) is 21.4 Å². The Morgan fingerprint density at radius 1 is 0.941 bits per heavy atom. The highest BCUT2D eigenvalue weighted by Crippen LogP contribution is 2.37. The number of hydrogen-bond acceptors (Lipinski definition) is 8. The van der Waals surface area contributed by atoms with Crippen LogP contribution >= 0.6 is 0 Å². The number of ether oxygens (including phenoxy) is 3. The van der Waals surface area contributed by atoms with Crippen LogP contribution < -0.4 is 9.47 Å². The van der Waals surface area contributed by atoms with E-state index in [0.29, 0.717) is 11.1 Å². The summed E-state index contributed by atoms with van der Waals surface area (Å²) in [6, 6.07) is 18.6. The van der Waals surface area contributed by atoms with E-state index in [9.17, 15) is 25.0 Å². The number of rotatable bonds is 8. The first-order chi connectivity index (χ1) is 16.4. The predicted octanol–water partition coefficient (Wildman–Crippen LogP) is 4.97. The average Bonchev–Trinajstić information content (AvgIpc) is 2.87. The molecule has 0 bridgehead atoms. The molecule has 0 unspecified atom stereocenters. The number of allylic oxidation sites excluding steroid dienone is 1. The average molecular weight is 458 g/mol. The minimum absolute atomic E-state index is 0.00103. The SMILES string of the molecule is COC(=O)c1ccc(Oc2ccc(/C=C(\C#N)C(=O)c3ccccc3)cc2OC)c([N+](=O)[O-])c1. The van der Waals surface area contributed by atoms with Crippen LogP contribution in [0.5, 0.6) is 17.2 Å². The number of ketones is 1. The summed E-state index contributed by atoms with van der Waals surface area (Å²) in [5.74, 6) is -0.896. The number of nitriles is 1. The van der Waals surface area contributed by atoms with Gasteiger partial charge in [-0.05, 0) is 35.9 Å². The molecule has 0 saturated heterocycles. The highest BCUT2D eigenvalue weighted by molar-refractivity contribution is 6.14. The van der Waals surface area contributed by atoms with Crippen LogP contribution in [0.2, 0.25) is 0 Å². The fraction of sp³-hybridized carbons (Fsp3) is 0.0800. The standard InChI is InChI=1S/C25H18N2O7/c1-32-23-13-16(12-19(15-26)24(28)17-6-4-3-5-7-17)8-10-22(23)34-21-11-9-18(25(29)33-2)14-20(21)27(30)31/h3-14H,1-2H3/b19-12+. The molecule has 0 amide bonds. The van der Waals surface area contributed by atoms with Crippen LogP contribution in [0.1, 0.15) is 26.3 Å². The van der Waals surface area contributed by atoms with Crippen molar-refractivity contribution in [2.45, 2.75) is 0 Å². The van der Waals surface area contributed by atoms with Gasteiger partial charge in [0, 0.05) is 11.6 Å². The van der Waals surface area contributed by atoms with Gasteiger partial charge in [0.2, 0.25) is 11.5 Å². The monoisotopic (exact) mass is 458 g/mol. The van der Waals surface area contributed by atoms with Crippen molar-refractivity contribution in [3.63, 3.8) is 0 Å². The summed E-state index contributed by atoms with van der Waals surface area (Å²) in [7, 11) is 2.55. The Balaban J connectivity index is 1.94. The number of hydrogen-bond donors (Lipinski definition) is 0. The lowest BCUT2D eigenvalue weighted by Gasteiger charge is -2.12. The molecule has 0 atom stereocenters. The Morgan fingerprint density at radius 3 is 2.26 bits per heavy atom. The van der Waals surface area contributed by atoms with E-state index in [2.05, 4.69) is 4.74 Å². The Morgan fingerprint density at radius 2 is 1.65 bits per heavy atom. The van der Waals surface area contributed by atoms with E-state index in [1.807, 2.05) is 6.07 Å². The molecule has 3 rings (SSSR count). The van der Waals surface area contributed by atoms with Crippen LogP contribution in [0.3, 0.4) is 0 Å². The molecule has 0 aromatic heterocycles. The summed E-state index contributed by atoms with van der Waals surface area (Å²) >= 11 is 0. The molecule has 0 fully saturated rings. The molecule has 0 spiro atoms. The van der Waals surface area contributed by atoms with Crippen LogP contribution in [0.4, 0.5) is 5.69 Å². The fourth-order valence-electron chi connectivity index (χ4n) is 3.03. The number of nitrogens with zero attached hydrogens (tertiary/aromatic N) is 2. The number of nitro benzene ring substituents is 1. The Bertz CT molecular complexity index is 1320. The molecule has 9 nitrogen and oxygen atoms in total. The third-order valence-corrected chi connectivity index (χ3v) is 4.70. The summed E-state index contributed by atoms with van der Waals surface area (Å²) in [5.41, 5.74) is 0.358. The number of methoxy groups -OCH3 is 2. The topological polar surface area (TPSA) is 129 Å². The highest BCUT2D eigenvalue weighted by Gasteiger charge is 2.21. The second-order valence-electron chi connectivity index (χ2n) is 6.81. The molecule has 3 aromatic carbocycles. The smallest absolute Gasteiger partial charge is 0.338 e. The number of esters is 1. The molecule has 0 aliphatic rings. The number of benzene rings is 3. The number of nitro groups is 1. The number of Topliss-reactive ketones (excluding diaryl/α,β-unsaturated/α-hetero) is 1. The third-order valence-electron chi connectivity index (χ3n) is 4.70. The van der Waals surface area contributed by atoms with Gasteiger partial charge >= 0.3 is 11.7 Å². The molecule has 3 aromatic rings. The molecule has 0 aliphatic carbocycles. The number of carbonyl (C=O) groups is 2. The van der Waals surface area contributed by atoms with Crippen molar-refractivity contribution in [1.29, 1.82) is 5.26 Å². The van der Waals surface area contributed by atoms with Crippen molar-refractivity contribution in [2.24, 2.45) is 0 Å². The lowest BCUT2D eigenvalue weighted by Crippen LogP contribution is -2.03. The number of carbonyl (C=O) groups excluding carboxylic acids is 2. The van der Waals surface area contributed by atoms with Crippen molar-refractivity contribution >= 4 is 23.5 Å². The van der Waals surface area contributed by atoms with Crippen molar-refractivity contribution in [3.05, 3.63) is 99.1 Å². The van der Waals surface area contributed by atoms with Gasteiger partial charge in [-0.15, -0.1) is 0 Å². The lowest BCUT2D eigenvalue weighted by atomic mass is 10.0. The van der Waals surface area contributed by atoms with Gasteiger partial charge in [-0.1, -0.05) is 36.4 Å². The quantitative estimate of drug-likeness (QED) is 0.115. The van der Waals surface area contributed by atoms with Gasteiger partial charge in [-0.2, -0.15) is 5.26 Å². The minimum atomic E-state index is -0.721. The molecule has 0 heterocycles. The van der Waals surface area contributed by atoms with Crippen molar-refractivity contribution in [3.8, 4) is 23.3 Å². The zero-order chi connectivity index (χ0) is 24.7. The largest absolute Gasteiger partial charge is 0.493 e. The van der Waals surface area contributed by atoms with E-state index in [1.54, 1.807) is 36.4 Å². The van der Waals surface area contributed by atoms with Crippen LogP contribution in [-0.4, -0.2) is 30.9 Å². The van der Waals surface area contributed by atoms with Crippen LogP contribution in [0.15, 0.2) is 72.3 Å². The van der Waals surface area contributed by atoms with Gasteiger partial charge in [-0.3, -0.25) is 14.9 Å². The second-order valence-corrected chi connectivity index (χ2v) is 6.81. The van der Waals surface area contributed by atoms with Gasteiger partial charge < -0.3 is 14.2 Å². The normalized spacial score (nSPS) is 10.7. The van der Waals surface area contributed by atoms with E-state index < -0.39 is 22.4 Å². The van der Waals surface area contributed by atoms with Gasteiger partial charge in [0.05, 0.1) is 24.7 Å². The first kappa shape index (κ1) is 23.7. The Kier molecular flexibility index (Phi) is 7.36. The maximum atomic E-state index is 12.6. The predicted molar refractivity (Wildman–Crippen MR) is 122 cm³/mol. The molecular weight excluding hydrogens is 440 g/mol. The highest BCUT2D eigenvalue weighted by atomic mass is 16.6. The molecule has 0 N–H and O–H groups in total. The molecule has 0 aliphatic heterocycles. The summed E-state index contributed by atoms with van der Waals surface area (Å²) in [4.78, 5) is 35.1. The summed E-state index contributed by atoms with van der Waals surface area (Å²) < 4.78 is 15.6. The van der Waals surface area contributed by atoms with Crippen molar-refractivity contribution < 1.29 is 28.7 Å². The Labute approximate surface area is 194 Å². The van der Waals surface area contributed by atoms with E-state index >= 15 is 0 Å². The van der Waals surface area contributed by atoms with E-state index in [4.69, 9.17) is 9.47 Å². The summed E-state index contributed by atoms with van der Waals surface area (Å²) in [6.45, 7) is 0. The molecular formula is C25H18N2O7. The van der Waals surface area contributed by atoms with Gasteiger partial charge in [-0.25, -0.2) is 4.79 Å². The van der Waals surface area contributed by atoms with Crippen molar-refractivity contribution in [2.75, 3.05) is 14.2 Å².